The number of carbonyl (C=O) groups is 2. The molecule has 0 radical (unpaired) electrons. The van der Waals surface area contributed by atoms with E-state index in [0.717, 1.165) is 16.0 Å². The molecule has 136 valence electrons. The summed E-state index contributed by atoms with van der Waals surface area (Å²) in [7, 11) is 1.50. The van der Waals surface area contributed by atoms with Crippen LogP contribution in [0, 0.1) is 0 Å². The van der Waals surface area contributed by atoms with Gasteiger partial charge in [-0.25, -0.2) is 4.79 Å². The number of phenols is 1. The van der Waals surface area contributed by atoms with Gasteiger partial charge in [0.1, 0.15) is 11.8 Å². The Bertz CT molecular complexity index is 837. The quantitative estimate of drug-likeness (QED) is 0.857. The van der Waals surface area contributed by atoms with E-state index >= 15 is 0 Å². The first-order valence-electron chi connectivity index (χ1n) is 8.67. The number of aromatic hydroxyl groups is 1. The van der Waals surface area contributed by atoms with Gasteiger partial charge in [-0.05, 0) is 40.8 Å². The second-order valence-corrected chi connectivity index (χ2v) is 7.74. The van der Waals surface area contributed by atoms with Crippen molar-refractivity contribution in [1.29, 1.82) is 0 Å². The van der Waals surface area contributed by atoms with E-state index in [0.29, 0.717) is 12.1 Å². The summed E-state index contributed by atoms with van der Waals surface area (Å²) in [5.74, 6) is -0.0908. The number of carbonyl (C=O) groups excluding carboxylic acids is 2. The Labute approximate surface area is 153 Å². The maximum absolute atomic E-state index is 12.6. The molecule has 0 aromatic heterocycles. The van der Waals surface area contributed by atoms with Crippen LogP contribution in [0.1, 0.15) is 31.9 Å². The molecule has 2 aromatic carbocycles. The van der Waals surface area contributed by atoms with Crippen molar-refractivity contribution in [3.05, 3.63) is 59.7 Å². The molecule has 0 bridgehead atoms. The molecule has 1 heterocycles. The monoisotopic (exact) mass is 352 g/mol. The molecule has 0 aliphatic carbocycles. The van der Waals surface area contributed by atoms with Crippen LogP contribution >= 0.6 is 0 Å². The first-order chi connectivity index (χ1) is 12.2. The Morgan fingerprint density at radius 1 is 1.04 bits per heavy atom. The highest BCUT2D eigenvalue weighted by Gasteiger charge is 2.43. The fraction of sp³-hybridized carbons (Fsp3) is 0.333. The second-order valence-electron chi connectivity index (χ2n) is 7.74. The molecule has 1 atom stereocenters. The summed E-state index contributed by atoms with van der Waals surface area (Å²) in [6, 6.07) is 13.6. The molecule has 1 aliphatic rings. The van der Waals surface area contributed by atoms with E-state index in [9.17, 15) is 14.7 Å². The third-order valence-corrected chi connectivity index (χ3v) is 4.77. The van der Waals surface area contributed by atoms with Crippen molar-refractivity contribution in [2.24, 2.45) is 0 Å². The summed E-state index contributed by atoms with van der Waals surface area (Å²) in [4.78, 5) is 28.0. The van der Waals surface area contributed by atoms with Gasteiger partial charge in [0.2, 0.25) is 0 Å². The molecule has 2 aromatic rings. The van der Waals surface area contributed by atoms with Gasteiger partial charge in [0.15, 0.2) is 0 Å². The Morgan fingerprint density at radius 2 is 1.69 bits per heavy atom. The van der Waals surface area contributed by atoms with Crippen LogP contribution in [0.3, 0.4) is 0 Å². The number of hydrogen-bond acceptors (Lipinski definition) is 3. The van der Waals surface area contributed by atoms with E-state index in [4.69, 9.17) is 0 Å². The zero-order valence-electron chi connectivity index (χ0n) is 15.6. The number of rotatable bonds is 3. The SMILES string of the molecule is CN1C(=O)C(Cc2cccc(O)c2)N(c2ccc(C(C)(C)C)cc2)C1=O. The lowest BCUT2D eigenvalue weighted by atomic mass is 9.87. The normalized spacial score (nSPS) is 17.9. The van der Waals surface area contributed by atoms with Crippen LogP contribution in [0.4, 0.5) is 10.5 Å². The number of phenolic OH excluding ortho intramolecular Hbond substituents is 1. The van der Waals surface area contributed by atoms with Crippen molar-refractivity contribution < 1.29 is 14.7 Å². The van der Waals surface area contributed by atoms with Crippen molar-refractivity contribution in [3.8, 4) is 5.75 Å². The second kappa shape index (κ2) is 6.48. The predicted octanol–water partition coefficient (Wildman–Crippen LogP) is 3.70. The maximum Gasteiger partial charge on any atom is 0.331 e. The molecule has 3 rings (SSSR count). The van der Waals surface area contributed by atoms with Gasteiger partial charge in [-0.1, -0.05) is 45.0 Å². The highest BCUT2D eigenvalue weighted by atomic mass is 16.3. The van der Waals surface area contributed by atoms with Crippen molar-refractivity contribution in [3.63, 3.8) is 0 Å². The fourth-order valence-corrected chi connectivity index (χ4v) is 3.22. The topological polar surface area (TPSA) is 60.9 Å². The average molecular weight is 352 g/mol. The molecule has 1 aliphatic heterocycles. The van der Waals surface area contributed by atoms with Crippen LogP contribution in [0.15, 0.2) is 48.5 Å². The summed E-state index contributed by atoms with van der Waals surface area (Å²) >= 11 is 0. The number of urea groups is 1. The molecule has 1 unspecified atom stereocenters. The number of hydrogen-bond donors (Lipinski definition) is 1. The number of amides is 3. The molecule has 5 heteroatoms. The van der Waals surface area contributed by atoms with Crippen LogP contribution in [0.2, 0.25) is 0 Å². The summed E-state index contributed by atoms with van der Waals surface area (Å²) < 4.78 is 0. The first-order valence-corrected chi connectivity index (χ1v) is 8.67. The lowest BCUT2D eigenvalue weighted by Crippen LogP contribution is -2.36. The fourth-order valence-electron chi connectivity index (χ4n) is 3.22. The molecule has 0 saturated carbocycles. The van der Waals surface area contributed by atoms with Gasteiger partial charge in [-0.15, -0.1) is 0 Å². The summed E-state index contributed by atoms with van der Waals surface area (Å²) in [6.45, 7) is 6.39. The smallest absolute Gasteiger partial charge is 0.331 e. The minimum absolute atomic E-state index is 0.0150. The number of nitrogens with zero attached hydrogens (tertiary/aromatic N) is 2. The Hall–Kier alpha value is -2.82. The van der Waals surface area contributed by atoms with E-state index < -0.39 is 6.04 Å². The molecule has 3 amide bonds. The van der Waals surface area contributed by atoms with Gasteiger partial charge in [-0.2, -0.15) is 0 Å². The molecule has 1 saturated heterocycles. The Balaban J connectivity index is 1.94. The Kier molecular flexibility index (Phi) is 4.48. The van der Waals surface area contributed by atoms with Crippen LogP contribution in [-0.2, 0) is 16.6 Å². The van der Waals surface area contributed by atoms with Gasteiger partial charge >= 0.3 is 6.03 Å². The van der Waals surface area contributed by atoms with E-state index in [1.807, 2.05) is 30.3 Å². The maximum atomic E-state index is 12.6. The minimum Gasteiger partial charge on any atom is -0.508 e. The first kappa shape index (κ1) is 18.0. The van der Waals surface area contributed by atoms with Crippen LogP contribution in [0.25, 0.3) is 0 Å². The summed E-state index contributed by atoms with van der Waals surface area (Å²) in [6.07, 6.45) is 0.352. The molecule has 26 heavy (non-hydrogen) atoms. The summed E-state index contributed by atoms with van der Waals surface area (Å²) in [5.41, 5.74) is 2.69. The van der Waals surface area contributed by atoms with Crippen LogP contribution in [0.5, 0.6) is 5.75 Å². The zero-order valence-corrected chi connectivity index (χ0v) is 15.6. The molecular weight excluding hydrogens is 328 g/mol. The number of likely N-dealkylation sites (N-methyl/N-ethyl adjacent to an activating group) is 1. The predicted molar refractivity (Wildman–Crippen MR) is 101 cm³/mol. The number of imide groups is 1. The average Bonchev–Trinajstić information content (AvgIpc) is 2.78. The van der Waals surface area contributed by atoms with Crippen molar-refractivity contribution in [1.82, 2.24) is 4.90 Å². The highest BCUT2D eigenvalue weighted by molar-refractivity contribution is 6.14. The zero-order chi connectivity index (χ0) is 19.1. The van der Waals surface area contributed by atoms with E-state index in [1.54, 1.807) is 23.1 Å². The molecule has 1 N–H and O–H groups in total. The molecule has 0 spiro atoms. The van der Waals surface area contributed by atoms with Crippen LogP contribution in [-0.4, -0.2) is 35.0 Å². The minimum atomic E-state index is -0.616. The van der Waals surface area contributed by atoms with Gasteiger partial charge in [0.05, 0.1) is 0 Å². The lowest BCUT2D eigenvalue weighted by molar-refractivity contribution is -0.126. The number of anilines is 1. The number of benzene rings is 2. The molecule has 1 fully saturated rings. The standard InChI is InChI=1S/C21H24N2O3/c1-21(2,3)15-8-10-16(11-9-15)23-18(19(25)22(4)20(23)26)13-14-6-5-7-17(24)12-14/h5-12,18,24H,13H2,1-4H3. The van der Waals surface area contributed by atoms with Gasteiger partial charge in [-0.3, -0.25) is 14.6 Å². The van der Waals surface area contributed by atoms with E-state index in [1.165, 1.54) is 7.05 Å². The Morgan fingerprint density at radius 3 is 2.27 bits per heavy atom. The van der Waals surface area contributed by atoms with Crippen LogP contribution < -0.4 is 4.90 Å². The van der Waals surface area contributed by atoms with E-state index in [2.05, 4.69) is 20.8 Å². The highest BCUT2D eigenvalue weighted by Crippen LogP contribution is 2.30. The van der Waals surface area contributed by atoms with Gasteiger partial charge in [0, 0.05) is 19.2 Å². The van der Waals surface area contributed by atoms with Gasteiger partial charge < -0.3 is 5.11 Å². The van der Waals surface area contributed by atoms with Crippen molar-refractivity contribution in [2.45, 2.75) is 38.6 Å². The third kappa shape index (κ3) is 3.29. The van der Waals surface area contributed by atoms with Crippen molar-refractivity contribution in [2.75, 3.05) is 11.9 Å². The summed E-state index contributed by atoms with van der Waals surface area (Å²) in [5, 5.41) is 9.67. The third-order valence-electron chi connectivity index (χ3n) is 4.77. The lowest BCUT2D eigenvalue weighted by Gasteiger charge is -2.24. The largest absolute Gasteiger partial charge is 0.508 e. The van der Waals surface area contributed by atoms with Crippen molar-refractivity contribution >= 4 is 17.6 Å². The molecule has 5 nitrogen and oxygen atoms in total. The van der Waals surface area contributed by atoms with Gasteiger partial charge in [0.25, 0.3) is 5.91 Å². The van der Waals surface area contributed by atoms with E-state index in [-0.39, 0.29) is 23.1 Å². The molecular formula is C21H24N2O3.